The SMILES string of the molecule is Cc1cc(C(=O)N2CC(C(=O)O)CCC2C)c(C)n1Cc1ccccn1. The highest BCUT2D eigenvalue weighted by Gasteiger charge is 2.34. The first-order chi connectivity index (χ1) is 12.4. The molecule has 3 heterocycles. The van der Waals surface area contributed by atoms with E-state index in [9.17, 15) is 14.7 Å². The average Bonchev–Trinajstić information content (AvgIpc) is 2.90. The second-order valence-electron chi connectivity index (χ2n) is 7.11. The molecule has 0 radical (unpaired) electrons. The van der Waals surface area contributed by atoms with Gasteiger partial charge in [0.15, 0.2) is 0 Å². The lowest BCUT2D eigenvalue weighted by atomic mass is 9.93. The number of hydrogen-bond acceptors (Lipinski definition) is 3. The second kappa shape index (κ2) is 7.32. The molecule has 6 nitrogen and oxygen atoms in total. The molecule has 0 spiro atoms. The highest BCUT2D eigenvalue weighted by Crippen LogP contribution is 2.26. The molecule has 1 fully saturated rings. The van der Waals surface area contributed by atoms with E-state index < -0.39 is 11.9 Å². The molecule has 1 aliphatic heterocycles. The minimum Gasteiger partial charge on any atom is -0.481 e. The van der Waals surface area contributed by atoms with Crippen molar-refractivity contribution in [2.24, 2.45) is 5.92 Å². The van der Waals surface area contributed by atoms with E-state index in [1.807, 2.05) is 45.0 Å². The molecule has 26 heavy (non-hydrogen) atoms. The van der Waals surface area contributed by atoms with Crippen molar-refractivity contribution in [2.75, 3.05) is 6.54 Å². The number of hydrogen-bond donors (Lipinski definition) is 1. The Morgan fingerprint density at radius 2 is 2.04 bits per heavy atom. The number of piperidine rings is 1. The molecule has 6 heteroatoms. The van der Waals surface area contributed by atoms with Crippen LogP contribution in [0.2, 0.25) is 0 Å². The van der Waals surface area contributed by atoms with Crippen LogP contribution in [0.1, 0.15) is 47.2 Å². The highest BCUT2D eigenvalue weighted by atomic mass is 16.4. The number of likely N-dealkylation sites (tertiary alicyclic amines) is 1. The largest absolute Gasteiger partial charge is 0.481 e. The van der Waals surface area contributed by atoms with Crippen molar-refractivity contribution >= 4 is 11.9 Å². The van der Waals surface area contributed by atoms with Gasteiger partial charge in [0, 0.05) is 30.2 Å². The van der Waals surface area contributed by atoms with Crippen LogP contribution >= 0.6 is 0 Å². The van der Waals surface area contributed by atoms with E-state index in [0.29, 0.717) is 18.5 Å². The molecule has 1 amide bonds. The van der Waals surface area contributed by atoms with Crippen molar-refractivity contribution in [2.45, 2.75) is 46.2 Å². The molecule has 1 aliphatic rings. The number of carboxylic acid groups (broad SMARTS) is 1. The molecule has 1 N–H and O–H groups in total. The van der Waals surface area contributed by atoms with Crippen LogP contribution in [0.15, 0.2) is 30.5 Å². The Labute approximate surface area is 153 Å². The number of carboxylic acids is 1. The topological polar surface area (TPSA) is 75.4 Å². The van der Waals surface area contributed by atoms with Crippen molar-refractivity contribution in [1.82, 2.24) is 14.5 Å². The van der Waals surface area contributed by atoms with Crippen LogP contribution in [-0.2, 0) is 11.3 Å². The molecule has 0 aliphatic carbocycles. The second-order valence-corrected chi connectivity index (χ2v) is 7.11. The normalized spacial score (nSPS) is 20.2. The predicted molar refractivity (Wildman–Crippen MR) is 98.1 cm³/mol. The van der Waals surface area contributed by atoms with Gasteiger partial charge in [0.1, 0.15) is 0 Å². The van der Waals surface area contributed by atoms with Gasteiger partial charge in [0.2, 0.25) is 0 Å². The molecule has 1 saturated heterocycles. The molecule has 2 atom stereocenters. The Morgan fingerprint density at radius 1 is 1.27 bits per heavy atom. The van der Waals surface area contributed by atoms with Gasteiger partial charge in [-0.2, -0.15) is 0 Å². The molecule has 2 unspecified atom stereocenters. The van der Waals surface area contributed by atoms with E-state index in [0.717, 1.165) is 23.5 Å². The number of aromatic nitrogens is 2. The molecule has 0 aromatic carbocycles. The Morgan fingerprint density at radius 3 is 2.69 bits per heavy atom. The fourth-order valence-corrected chi connectivity index (χ4v) is 3.66. The van der Waals surface area contributed by atoms with Gasteiger partial charge in [0.25, 0.3) is 5.91 Å². The zero-order valence-corrected chi connectivity index (χ0v) is 15.5. The number of amides is 1. The van der Waals surface area contributed by atoms with Crippen LogP contribution < -0.4 is 0 Å². The maximum atomic E-state index is 13.1. The lowest BCUT2D eigenvalue weighted by Crippen LogP contribution is -2.47. The van der Waals surface area contributed by atoms with Gasteiger partial charge in [-0.3, -0.25) is 14.6 Å². The highest BCUT2D eigenvalue weighted by molar-refractivity contribution is 5.96. The quantitative estimate of drug-likeness (QED) is 0.915. The standard InChI is InChI=1S/C20H25N3O3/c1-13-7-8-16(20(25)26)11-23(13)19(24)18-10-14(2)22(15(18)3)12-17-6-4-5-9-21-17/h4-6,9-10,13,16H,7-8,11-12H2,1-3H3,(H,25,26). The van der Waals surface area contributed by atoms with Gasteiger partial charge in [-0.15, -0.1) is 0 Å². The minimum absolute atomic E-state index is 0.0527. The summed E-state index contributed by atoms with van der Waals surface area (Å²) < 4.78 is 2.08. The van der Waals surface area contributed by atoms with Gasteiger partial charge < -0.3 is 14.6 Å². The maximum Gasteiger partial charge on any atom is 0.308 e. The number of carbonyl (C=O) groups excluding carboxylic acids is 1. The van der Waals surface area contributed by atoms with Crippen molar-refractivity contribution in [3.05, 3.63) is 53.1 Å². The summed E-state index contributed by atoms with van der Waals surface area (Å²) in [7, 11) is 0. The van der Waals surface area contributed by atoms with Gasteiger partial charge in [0.05, 0.1) is 23.7 Å². The number of rotatable bonds is 4. The minimum atomic E-state index is -0.824. The first-order valence-electron chi connectivity index (χ1n) is 8.99. The molecular weight excluding hydrogens is 330 g/mol. The smallest absolute Gasteiger partial charge is 0.308 e. The third-order valence-corrected chi connectivity index (χ3v) is 5.34. The summed E-state index contributed by atoms with van der Waals surface area (Å²) in [5, 5.41) is 9.31. The summed E-state index contributed by atoms with van der Waals surface area (Å²) in [5.41, 5.74) is 3.47. The molecule has 0 saturated carbocycles. The van der Waals surface area contributed by atoms with Crippen LogP contribution in [0.4, 0.5) is 0 Å². The Kier molecular flexibility index (Phi) is 5.11. The molecule has 2 aromatic rings. The lowest BCUT2D eigenvalue weighted by molar-refractivity contribution is -0.143. The van der Waals surface area contributed by atoms with Crippen LogP contribution in [0.5, 0.6) is 0 Å². The molecule has 3 rings (SSSR count). The molecule has 138 valence electrons. The first kappa shape index (κ1) is 18.2. The molecule has 2 aromatic heterocycles. The van der Waals surface area contributed by atoms with E-state index in [4.69, 9.17) is 0 Å². The van der Waals surface area contributed by atoms with Gasteiger partial charge in [-0.25, -0.2) is 0 Å². The van der Waals surface area contributed by atoms with E-state index >= 15 is 0 Å². The van der Waals surface area contributed by atoms with Crippen LogP contribution in [0, 0.1) is 19.8 Å². The Hall–Kier alpha value is -2.63. The van der Waals surface area contributed by atoms with Crippen molar-refractivity contribution in [3.63, 3.8) is 0 Å². The molecule has 0 bridgehead atoms. The van der Waals surface area contributed by atoms with Crippen molar-refractivity contribution < 1.29 is 14.7 Å². The summed E-state index contributed by atoms with van der Waals surface area (Å²) >= 11 is 0. The van der Waals surface area contributed by atoms with Crippen molar-refractivity contribution in [3.8, 4) is 0 Å². The number of aliphatic carboxylic acids is 1. The van der Waals surface area contributed by atoms with E-state index in [-0.39, 0.29) is 18.5 Å². The number of pyridine rings is 1. The summed E-state index contributed by atoms with van der Waals surface area (Å²) in [6.45, 7) is 6.79. The van der Waals surface area contributed by atoms with Crippen LogP contribution in [-0.4, -0.2) is 44.0 Å². The fourth-order valence-electron chi connectivity index (χ4n) is 3.66. The molecular formula is C20H25N3O3. The maximum absolute atomic E-state index is 13.1. The third-order valence-electron chi connectivity index (χ3n) is 5.34. The fraction of sp³-hybridized carbons (Fsp3) is 0.450. The van der Waals surface area contributed by atoms with E-state index in [2.05, 4.69) is 9.55 Å². The summed E-state index contributed by atoms with van der Waals surface area (Å²) in [6, 6.07) is 7.74. The van der Waals surface area contributed by atoms with E-state index in [1.165, 1.54) is 0 Å². The number of aryl methyl sites for hydroxylation is 1. The summed E-state index contributed by atoms with van der Waals surface area (Å²) in [5.74, 6) is -1.38. The average molecular weight is 355 g/mol. The zero-order chi connectivity index (χ0) is 18.8. The Bertz CT molecular complexity index is 813. The third kappa shape index (κ3) is 3.49. The lowest BCUT2D eigenvalue weighted by Gasteiger charge is -2.36. The van der Waals surface area contributed by atoms with Crippen LogP contribution in [0.25, 0.3) is 0 Å². The first-order valence-corrected chi connectivity index (χ1v) is 8.99. The summed E-state index contributed by atoms with van der Waals surface area (Å²) in [4.78, 5) is 30.5. The van der Waals surface area contributed by atoms with Gasteiger partial charge in [-0.1, -0.05) is 6.07 Å². The zero-order valence-electron chi connectivity index (χ0n) is 15.5. The predicted octanol–water partition coefficient (Wildman–Crippen LogP) is 2.87. The monoisotopic (exact) mass is 355 g/mol. The number of carbonyl (C=O) groups is 2. The number of nitrogens with zero attached hydrogens (tertiary/aromatic N) is 3. The van der Waals surface area contributed by atoms with Gasteiger partial charge in [-0.05, 0) is 51.8 Å². The van der Waals surface area contributed by atoms with Gasteiger partial charge >= 0.3 is 5.97 Å². The summed E-state index contributed by atoms with van der Waals surface area (Å²) in [6.07, 6.45) is 3.10. The Balaban J connectivity index is 1.86. The van der Waals surface area contributed by atoms with Crippen molar-refractivity contribution in [1.29, 1.82) is 0 Å². The van der Waals surface area contributed by atoms with E-state index in [1.54, 1.807) is 11.1 Å². The van der Waals surface area contributed by atoms with Crippen LogP contribution in [0.3, 0.4) is 0 Å².